The second-order valence-corrected chi connectivity index (χ2v) is 8.74. The monoisotopic (exact) mass is 411 g/mol. The highest BCUT2D eigenvalue weighted by Gasteiger charge is 2.19. The summed E-state index contributed by atoms with van der Waals surface area (Å²) in [5.41, 5.74) is 6.25. The predicted octanol–water partition coefficient (Wildman–Crippen LogP) is 3.25. The number of carbonyl (C=O) groups is 1. The van der Waals surface area contributed by atoms with E-state index < -0.39 is 21.2 Å². The Hall–Kier alpha value is -2.23. The van der Waals surface area contributed by atoms with E-state index in [1.807, 2.05) is 0 Å². The number of nitrogens with one attached hydrogen (secondary N) is 1. The number of hydrogen-bond acceptors (Lipinski definition) is 6. The molecule has 1 heterocycles. The molecule has 26 heavy (non-hydrogen) atoms. The molecule has 0 saturated heterocycles. The highest BCUT2D eigenvalue weighted by atomic mass is 35.5. The van der Waals surface area contributed by atoms with Gasteiger partial charge in [0, 0.05) is 0 Å². The Labute approximate surface area is 159 Å². The van der Waals surface area contributed by atoms with Gasteiger partial charge in [-0.3, -0.25) is 9.52 Å². The smallest absolute Gasteiger partial charge is 0.262 e. The number of anilines is 1. The van der Waals surface area contributed by atoms with Gasteiger partial charge in [-0.05, 0) is 37.3 Å². The van der Waals surface area contributed by atoms with Crippen LogP contribution in [0.3, 0.4) is 0 Å². The van der Waals surface area contributed by atoms with Crippen molar-refractivity contribution in [2.45, 2.75) is 22.3 Å². The summed E-state index contributed by atoms with van der Waals surface area (Å²) in [6, 6.07) is 10.8. The molecule has 0 unspecified atom stereocenters. The van der Waals surface area contributed by atoms with E-state index in [0.29, 0.717) is 11.1 Å². The number of primary amides is 1. The molecule has 1 aromatic heterocycles. The van der Waals surface area contributed by atoms with Crippen LogP contribution in [0, 0.1) is 0 Å². The Morgan fingerprint density at radius 3 is 2.73 bits per heavy atom. The topological polar surface area (TPSA) is 115 Å². The molecule has 2 aromatic carbocycles. The SMILES string of the molecule is C[C@@H](Sc1nc2cc(S(=O)(=O)Nc3ccccc3Cl)ccc2o1)C(N)=O. The van der Waals surface area contributed by atoms with Crippen LogP contribution in [0.4, 0.5) is 5.69 Å². The van der Waals surface area contributed by atoms with E-state index >= 15 is 0 Å². The quantitative estimate of drug-likeness (QED) is 0.601. The Kier molecular flexibility index (Phi) is 5.12. The van der Waals surface area contributed by atoms with Gasteiger partial charge in [0.2, 0.25) is 5.91 Å². The number of amides is 1. The number of fused-ring (bicyclic) bond motifs is 1. The van der Waals surface area contributed by atoms with Gasteiger partial charge in [0.25, 0.3) is 15.2 Å². The van der Waals surface area contributed by atoms with Gasteiger partial charge in [-0.25, -0.2) is 13.4 Å². The van der Waals surface area contributed by atoms with Crippen LogP contribution in [0.15, 0.2) is 57.0 Å². The zero-order chi connectivity index (χ0) is 18.9. The van der Waals surface area contributed by atoms with Crippen molar-refractivity contribution in [2.24, 2.45) is 5.73 Å². The molecule has 7 nitrogen and oxygen atoms in total. The van der Waals surface area contributed by atoms with E-state index in [1.165, 1.54) is 18.2 Å². The number of oxazole rings is 1. The van der Waals surface area contributed by atoms with Gasteiger partial charge in [-0.2, -0.15) is 0 Å². The van der Waals surface area contributed by atoms with Gasteiger partial charge >= 0.3 is 0 Å². The molecule has 0 aliphatic carbocycles. The lowest BCUT2D eigenvalue weighted by Crippen LogP contribution is -2.22. The van der Waals surface area contributed by atoms with E-state index in [4.69, 9.17) is 21.8 Å². The van der Waals surface area contributed by atoms with Crippen LogP contribution in [0.1, 0.15) is 6.92 Å². The zero-order valence-corrected chi connectivity index (χ0v) is 15.9. The highest BCUT2D eigenvalue weighted by Crippen LogP contribution is 2.29. The minimum Gasteiger partial charge on any atom is -0.431 e. The lowest BCUT2D eigenvalue weighted by Gasteiger charge is -2.09. The van der Waals surface area contributed by atoms with Crippen molar-refractivity contribution in [3.8, 4) is 0 Å². The van der Waals surface area contributed by atoms with Crippen LogP contribution in [0.25, 0.3) is 11.1 Å². The molecule has 3 N–H and O–H groups in total. The van der Waals surface area contributed by atoms with Gasteiger partial charge in [-0.15, -0.1) is 0 Å². The van der Waals surface area contributed by atoms with Crippen molar-refractivity contribution in [3.05, 3.63) is 47.5 Å². The van der Waals surface area contributed by atoms with Crippen LogP contribution in [0.5, 0.6) is 0 Å². The van der Waals surface area contributed by atoms with Crippen molar-refractivity contribution in [1.29, 1.82) is 0 Å². The molecule has 0 aliphatic rings. The van der Waals surface area contributed by atoms with Gasteiger partial charge < -0.3 is 10.2 Å². The first-order valence-electron chi connectivity index (χ1n) is 7.40. The van der Waals surface area contributed by atoms with Gasteiger partial charge in [-0.1, -0.05) is 35.5 Å². The maximum Gasteiger partial charge on any atom is 0.262 e. The average molecular weight is 412 g/mol. The first kappa shape index (κ1) is 18.6. The largest absolute Gasteiger partial charge is 0.431 e. The van der Waals surface area contributed by atoms with Crippen molar-refractivity contribution in [2.75, 3.05) is 4.72 Å². The molecule has 0 aliphatic heterocycles. The Bertz CT molecular complexity index is 1080. The van der Waals surface area contributed by atoms with Gasteiger partial charge in [0.05, 0.1) is 20.9 Å². The van der Waals surface area contributed by atoms with E-state index in [0.717, 1.165) is 11.8 Å². The summed E-state index contributed by atoms with van der Waals surface area (Å²) < 4.78 is 33.1. The van der Waals surface area contributed by atoms with E-state index in [1.54, 1.807) is 31.2 Å². The first-order chi connectivity index (χ1) is 12.3. The molecule has 136 valence electrons. The second-order valence-electron chi connectivity index (χ2n) is 5.36. The van der Waals surface area contributed by atoms with E-state index in [2.05, 4.69) is 9.71 Å². The summed E-state index contributed by atoms with van der Waals surface area (Å²) in [6.45, 7) is 1.63. The standard InChI is InChI=1S/C16H14ClN3O4S2/c1-9(15(18)21)25-16-19-13-8-10(6-7-14(13)24-16)26(22,23)20-12-5-3-2-4-11(12)17/h2-9,20H,1H3,(H2,18,21)/t9-/m1/s1. The lowest BCUT2D eigenvalue weighted by molar-refractivity contribution is -0.117. The fraction of sp³-hybridized carbons (Fsp3) is 0.125. The molecule has 0 bridgehead atoms. The van der Waals surface area contributed by atoms with Crippen molar-refractivity contribution < 1.29 is 17.6 Å². The maximum absolute atomic E-state index is 12.6. The molecule has 1 amide bonds. The number of nitrogens with two attached hydrogens (primary N) is 1. The fourth-order valence-corrected chi connectivity index (χ4v) is 4.11. The minimum atomic E-state index is -3.85. The molecular formula is C16H14ClN3O4S2. The second kappa shape index (κ2) is 7.18. The van der Waals surface area contributed by atoms with Crippen LogP contribution < -0.4 is 10.5 Å². The number of nitrogens with zero attached hydrogens (tertiary/aromatic N) is 1. The first-order valence-corrected chi connectivity index (χ1v) is 10.1. The number of rotatable bonds is 6. The van der Waals surface area contributed by atoms with Crippen molar-refractivity contribution >= 4 is 56.1 Å². The van der Waals surface area contributed by atoms with Crippen LogP contribution in [0.2, 0.25) is 5.02 Å². The average Bonchev–Trinajstić information content (AvgIpc) is 2.98. The highest BCUT2D eigenvalue weighted by molar-refractivity contribution is 8.00. The lowest BCUT2D eigenvalue weighted by atomic mass is 10.3. The summed E-state index contributed by atoms with van der Waals surface area (Å²) in [4.78, 5) is 15.4. The van der Waals surface area contributed by atoms with Crippen LogP contribution >= 0.6 is 23.4 Å². The maximum atomic E-state index is 12.6. The molecule has 0 saturated carbocycles. The number of sulfonamides is 1. The predicted molar refractivity (Wildman–Crippen MR) is 101 cm³/mol. The third kappa shape index (κ3) is 3.95. The number of aromatic nitrogens is 1. The van der Waals surface area contributed by atoms with E-state index in [9.17, 15) is 13.2 Å². The zero-order valence-electron chi connectivity index (χ0n) is 13.5. The number of halogens is 1. The van der Waals surface area contributed by atoms with Crippen molar-refractivity contribution in [1.82, 2.24) is 4.98 Å². The molecule has 0 fully saturated rings. The van der Waals surface area contributed by atoms with Crippen LogP contribution in [-0.4, -0.2) is 24.6 Å². The summed E-state index contributed by atoms with van der Waals surface area (Å²) in [5.74, 6) is -0.496. The summed E-state index contributed by atoms with van der Waals surface area (Å²) in [7, 11) is -3.85. The minimum absolute atomic E-state index is 0.0118. The van der Waals surface area contributed by atoms with Gasteiger partial charge in [0.1, 0.15) is 5.52 Å². The normalized spacial score (nSPS) is 12.8. The van der Waals surface area contributed by atoms with Gasteiger partial charge in [0.15, 0.2) is 5.58 Å². The van der Waals surface area contributed by atoms with Crippen LogP contribution in [-0.2, 0) is 14.8 Å². The number of benzene rings is 2. The third-order valence-corrected chi connectivity index (χ3v) is 6.10. The summed E-state index contributed by atoms with van der Waals surface area (Å²) >= 11 is 7.06. The van der Waals surface area contributed by atoms with E-state index in [-0.39, 0.29) is 20.8 Å². The number of thioether (sulfide) groups is 1. The number of hydrogen-bond donors (Lipinski definition) is 2. The molecule has 10 heteroatoms. The molecule has 0 radical (unpaired) electrons. The third-order valence-electron chi connectivity index (χ3n) is 3.45. The Morgan fingerprint density at radius 2 is 2.04 bits per heavy atom. The Morgan fingerprint density at radius 1 is 1.31 bits per heavy atom. The molecule has 0 spiro atoms. The van der Waals surface area contributed by atoms with Crippen molar-refractivity contribution in [3.63, 3.8) is 0 Å². The number of carbonyl (C=O) groups excluding carboxylic acids is 1. The number of para-hydroxylation sites is 1. The summed E-state index contributed by atoms with van der Waals surface area (Å²) in [5, 5.41) is 0.00535. The fourth-order valence-electron chi connectivity index (χ4n) is 2.06. The molecular weight excluding hydrogens is 398 g/mol. The Balaban J connectivity index is 1.90. The molecule has 1 atom stereocenters. The molecule has 3 rings (SSSR count). The molecule has 3 aromatic rings. The summed E-state index contributed by atoms with van der Waals surface area (Å²) in [6.07, 6.45) is 0.